The molecule has 8 nitrogen and oxygen atoms in total. The normalized spacial score (nSPS) is 11.6. The van der Waals surface area contributed by atoms with Gasteiger partial charge in [-0.25, -0.2) is 17.7 Å². The molecule has 0 spiro atoms. The summed E-state index contributed by atoms with van der Waals surface area (Å²) >= 11 is 1.36. The minimum atomic E-state index is -3.94. The molecule has 30 heavy (non-hydrogen) atoms. The van der Waals surface area contributed by atoms with Crippen LogP contribution in [0.25, 0.3) is 16.2 Å². The van der Waals surface area contributed by atoms with Crippen LogP contribution < -0.4 is 14.2 Å². The Morgan fingerprint density at radius 3 is 2.47 bits per heavy atom. The van der Waals surface area contributed by atoms with Crippen molar-refractivity contribution in [2.24, 2.45) is 0 Å². The number of anilines is 1. The molecule has 0 aliphatic carbocycles. The minimum absolute atomic E-state index is 0.0155. The van der Waals surface area contributed by atoms with Crippen LogP contribution in [0.15, 0.2) is 46.7 Å². The average molecular weight is 445 g/mol. The van der Waals surface area contributed by atoms with Crippen LogP contribution in [0.5, 0.6) is 11.5 Å². The number of para-hydroxylation sites is 1. The van der Waals surface area contributed by atoms with E-state index in [4.69, 9.17) is 9.47 Å². The maximum Gasteiger partial charge on any atom is 0.267 e. The Kier molecular flexibility index (Phi) is 5.12. The van der Waals surface area contributed by atoms with Gasteiger partial charge in [0.2, 0.25) is 4.96 Å². The summed E-state index contributed by atoms with van der Waals surface area (Å²) in [6.45, 7) is 3.74. The van der Waals surface area contributed by atoms with E-state index in [1.54, 1.807) is 23.8 Å². The van der Waals surface area contributed by atoms with Gasteiger partial charge in [0.1, 0.15) is 16.4 Å². The number of nitrogens with one attached hydrogen (secondary N) is 1. The standard InChI is InChI=1S/C20H20N4O4S2/c1-12-9-17(28-4)18(10-13(12)2)30(25,26)23-19-21-20-24(22-19)15(11-29-20)14-7-5-6-8-16(14)27-3/h5-11H,1-4H3,(H,22,23). The fourth-order valence-electron chi connectivity index (χ4n) is 3.07. The van der Waals surface area contributed by atoms with Crippen LogP contribution in [0.2, 0.25) is 0 Å². The molecule has 2 aromatic heterocycles. The molecule has 0 radical (unpaired) electrons. The number of aromatic nitrogens is 3. The molecule has 0 unspecified atom stereocenters. The number of thiazole rings is 1. The van der Waals surface area contributed by atoms with Gasteiger partial charge >= 0.3 is 0 Å². The number of methoxy groups -OCH3 is 2. The molecule has 4 aromatic rings. The molecule has 0 aliphatic rings. The van der Waals surface area contributed by atoms with Gasteiger partial charge in [-0.15, -0.1) is 16.4 Å². The second-order valence-electron chi connectivity index (χ2n) is 6.64. The predicted molar refractivity (Wildman–Crippen MR) is 116 cm³/mol. The third kappa shape index (κ3) is 3.48. The Hall–Kier alpha value is -3.11. The number of hydrogen-bond donors (Lipinski definition) is 1. The molecule has 0 bridgehead atoms. The zero-order chi connectivity index (χ0) is 21.5. The zero-order valence-electron chi connectivity index (χ0n) is 16.8. The quantitative estimate of drug-likeness (QED) is 0.485. The lowest BCUT2D eigenvalue weighted by Crippen LogP contribution is -2.15. The topological polar surface area (TPSA) is 94.8 Å². The van der Waals surface area contributed by atoms with Gasteiger partial charge in [-0.05, 0) is 49.2 Å². The Morgan fingerprint density at radius 2 is 1.73 bits per heavy atom. The fourth-order valence-corrected chi connectivity index (χ4v) is 5.07. The molecule has 0 fully saturated rings. The van der Waals surface area contributed by atoms with E-state index < -0.39 is 10.0 Å². The van der Waals surface area contributed by atoms with Gasteiger partial charge in [-0.3, -0.25) is 0 Å². The van der Waals surface area contributed by atoms with Crippen molar-refractivity contribution in [3.8, 4) is 22.8 Å². The van der Waals surface area contributed by atoms with Crippen molar-refractivity contribution in [1.29, 1.82) is 0 Å². The summed E-state index contributed by atoms with van der Waals surface area (Å²) in [6.07, 6.45) is 0. The lowest BCUT2D eigenvalue weighted by atomic mass is 10.1. The van der Waals surface area contributed by atoms with Gasteiger partial charge < -0.3 is 9.47 Å². The first kappa shape index (κ1) is 20.2. The number of hydrogen-bond acceptors (Lipinski definition) is 7. The molecule has 1 N–H and O–H groups in total. The van der Waals surface area contributed by atoms with Gasteiger partial charge in [0.15, 0.2) is 0 Å². The highest BCUT2D eigenvalue weighted by Crippen LogP contribution is 2.33. The van der Waals surface area contributed by atoms with Crippen LogP contribution in [-0.2, 0) is 10.0 Å². The smallest absolute Gasteiger partial charge is 0.267 e. The molecule has 2 heterocycles. The second-order valence-corrected chi connectivity index (χ2v) is 9.13. The van der Waals surface area contributed by atoms with Gasteiger partial charge in [0.25, 0.3) is 16.0 Å². The highest BCUT2D eigenvalue weighted by molar-refractivity contribution is 7.92. The molecule has 156 valence electrons. The average Bonchev–Trinajstić information content (AvgIpc) is 3.29. The number of sulfonamides is 1. The summed E-state index contributed by atoms with van der Waals surface area (Å²) in [5, 5.41) is 6.26. The first-order chi connectivity index (χ1) is 14.3. The summed E-state index contributed by atoms with van der Waals surface area (Å²) < 4.78 is 40.8. The van der Waals surface area contributed by atoms with Crippen LogP contribution in [0, 0.1) is 13.8 Å². The Morgan fingerprint density at radius 1 is 1.03 bits per heavy atom. The number of fused-ring (bicyclic) bond motifs is 1. The molecule has 0 amide bonds. The van der Waals surface area contributed by atoms with E-state index in [1.807, 2.05) is 43.5 Å². The first-order valence-electron chi connectivity index (χ1n) is 8.99. The summed E-state index contributed by atoms with van der Waals surface area (Å²) in [5.74, 6) is 0.939. The largest absolute Gasteiger partial charge is 0.496 e. The predicted octanol–water partition coefficient (Wildman–Crippen LogP) is 3.89. The summed E-state index contributed by atoms with van der Waals surface area (Å²) in [6, 6.07) is 10.8. The maximum absolute atomic E-state index is 13.0. The Bertz CT molecular complexity index is 1340. The molecule has 0 atom stereocenters. The number of nitrogens with zero attached hydrogens (tertiary/aromatic N) is 3. The van der Waals surface area contributed by atoms with E-state index in [1.165, 1.54) is 18.4 Å². The fraction of sp³-hybridized carbons (Fsp3) is 0.200. The maximum atomic E-state index is 13.0. The van der Waals surface area contributed by atoms with E-state index in [2.05, 4.69) is 14.8 Å². The lowest BCUT2D eigenvalue weighted by molar-refractivity contribution is 0.402. The Balaban J connectivity index is 1.74. The van der Waals surface area contributed by atoms with Crippen LogP contribution >= 0.6 is 11.3 Å². The van der Waals surface area contributed by atoms with Gasteiger partial charge in [-0.1, -0.05) is 12.1 Å². The van der Waals surface area contributed by atoms with Crippen molar-refractivity contribution in [3.63, 3.8) is 0 Å². The number of rotatable bonds is 6. The van der Waals surface area contributed by atoms with Crippen molar-refractivity contribution >= 4 is 32.3 Å². The van der Waals surface area contributed by atoms with Gasteiger partial charge in [0, 0.05) is 10.9 Å². The van der Waals surface area contributed by atoms with Crippen molar-refractivity contribution in [1.82, 2.24) is 14.6 Å². The molecule has 0 saturated carbocycles. The number of benzene rings is 2. The number of aryl methyl sites for hydroxylation is 2. The molecular weight excluding hydrogens is 424 g/mol. The highest BCUT2D eigenvalue weighted by Gasteiger charge is 2.23. The minimum Gasteiger partial charge on any atom is -0.496 e. The van der Waals surface area contributed by atoms with E-state index in [0.717, 1.165) is 22.4 Å². The second kappa shape index (κ2) is 7.62. The molecular formula is C20H20N4O4S2. The third-order valence-corrected chi connectivity index (χ3v) is 6.93. The van der Waals surface area contributed by atoms with Crippen molar-refractivity contribution in [2.75, 3.05) is 18.9 Å². The molecule has 2 aromatic carbocycles. The third-order valence-electron chi connectivity index (χ3n) is 4.76. The van der Waals surface area contributed by atoms with Crippen LogP contribution in [0.1, 0.15) is 11.1 Å². The summed E-state index contributed by atoms with van der Waals surface area (Å²) in [4.78, 5) is 4.91. The molecule has 0 aliphatic heterocycles. The molecule has 0 saturated heterocycles. The summed E-state index contributed by atoms with van der Waals surface area (Å²) in [7, 11) is -0.909. The van der Waals surface area contributed by atoms with E-state index in [0.29, 0.717) is 10.7 Å². The van der Waals surface area contributed by atoms with E-state index in [9.17, 15) is 8.42 Å². The van der Waals surface area contributed by atoms with E-state index in [-0.39, 0.29) is 16.6 Å². The monoisotopic (exact) mass is 444 g/mol. The highest BCUT2D eigenvalue weighted by atomic mass is 32.2. The van der Waals surface area contributed by atoms with Gasteiger partial charge in [-0.2, -0.15) is 4.98 Å². The van der Waals surface area contributed by atoms with Crippen molar-refractivity contribution in [3.05, 3.63) is 52.9 Å². The van der Waals surface area contributed by atoms with Gasteiger partial charge in [0.05, 0.1) is 19.9 Å². The SMILES string of the molecule is COc1ccccc1-c1csc2nc(NS(=O)(=O)c3cc(C)c(C)cc3OC)nn12. The molecule has 4 rings (SSSR count). The van der Waals surface area contributed by atoms with Crippen molar-refractivity contribution < 1.29 is 17.9 Å². The first-order valence-corrected chi connectivity index (χ1v) is 11.4. The Labute approximate surface area is 178 Å². The van der Waals surface area contributed by atoms with Crippen LogP contribution in [-0.4, -0.2) is 37.2 Å². The van der Waals surface area contributed by atoms with Crippen LogP contribution in [0.4, 0.5) is 5.95 Å². The lowest BCUT2D eigenvalue weighted by Gasteiger charge is -2.12. The van der Waals surface area contributed by atoms with Crippen LogP contribution in [0.3, 0.4) is 0 Å². The van der Waals surface area contributed by atoms with E-state index >= 15 is 0 Å². The summed E-state index contributed by atoms with van der Waals surface area (Å²) in [5.41, 5.74) is 3.37. The zero-order valence-corrected chi connectivity index (χ0v) is 18.5. The number of ether oxygens (including phenoxy) is 2. The molecule has 10 heteroatoms. The van der Waals surface area contributed by atoms with Crippen molar-refractivity contribution in [2.45, 2.75) is 18.7 Å².